The number of hydrogen-bond acceptors (Lipinski definition) is 8. The molecule has 2 saturated heterocycles. The SMILES string of the molecule is COc1cc(C=CC2C3=CCC4C(=O)N(c5cccc([N+](=O)[O-])c5)C(=O)C4C3CC3(Cl)C(=O)N(c4c(F)c(F)c(F)c(F)c4F)C(=O)C23Cl)ccc1O. The molecule has 53 heavy (non-hydrogen) atoms. The summed E-state index contributed by atoms with van der Waals surface area (Å²) in [5.41, 5.74) is -1.91. The largest absolute Gasteiger partial charge is 0.504 e. The topological polar surface area (TPSA) is 147 Å². The number of alkyl halides is 2. The molecule has 3 aromatic rings. The molecule has 3 fully saturated rings. The number of non-ortho nitro benzene ring substituents is 1. The van der Waals surface area contributed by atoms with Gasteiger partial charge in [-0.2, -0.15) is 0 Å². The molecule has 6 unspecified atom stereocenters. The van der Waals surface area contributed by atoms with Crippen molar-refractivity contribution in [2.75, 3.05) is 16.9 Å². The van der Waals surface area contributed by atoms with Gasteiger partial charge in [0.25, 0.3) is 17.5 Å². The van der Waals surface area contributed by atoms with Crippen LogP contribution < -0.4 is 14.5 Å². The molecule has 0 radical (unpaired) electrons. The zero-order valence-electron chi connectivity index (χ0n) is 26.8. The van der Waals surface area contributed by atoms with Crippen molar-refractivity contribution < 1.29 is 55.9 Å². The number of anilines is 2. The van der Waals surface area contributed by atoms with Crippen molar-refractivity contribution in [2.24, 2.45) is 23.7 Å². The smallest absolute Gasteiger partial charge is 0.271 e. The van der Waals surface area contributed by atoms with Crippen LogP contribution in [0.5, 0.6) is 11.5 Å². The second-order valence-electron chi connectivity index (χ2n) is 12.8. The molecular formula is C35H22Cl2F5N3O8. The van der Waals surface area contributed by atoms with E-state index in [-0.39, 0.29) is 34.1 Å². The highest BCUT2D eigenvalue weighted by atomic mass is 35.5. The predicted molar refractivity (Wildman–Crippen MR) is 176 cm³/mol. The number of rotatable bonds is 6. The fraction of sp³-hybridized carbons (Fsp3) is 0.257. The summed E-state index contributed by atoms with van der Waals surface area (Å²) in [6.07, 6.45) is 3.32. The van der Waals surface area contributed by atoms with Gasteiger partial charge in [0.1, 0.15) is 5.69 Å². The first kappa shape index (κ1) is 36.0. The number of nitro benzene ring substituents is 1. The Labute approximate surface area is 305 Å². The first-order valence-corrected chi connectivity index (χ1v) is 16.4. The summed E-state index contributed by atoms with van der Waals surface area (Å²) >= 11 is 14.1. The first-order chi connectivity index (χ1) is 25.0. The van der Waals surface area contributed by atoms with E-state index in [4.69, 9.17) is 27.9 Å². The van der Waals surface area contributed by atoms with E-state index >= 15 is 8.78 Å². The number of methoxy groups -OCH3 is 1. The molecule has 0 aromatic heterocycles. The number of nitrogens with zero attached hydrogens (tertiary/aromatic N) is 3. The number of carbonyl (C=O) groups excluding carboxylic acids is 4. The molecule has 3 aromatic carbocycles. The first-order valence-electron chi connectivity index (χ1n) is 15.6. The minimum Gasteiger partial charge on any atom is -0.504 e. The molecule has 274 valence electrons. The lowest BCUT2D eigenvalue weighted by Crippen LogP contribution is -2.60. The van der Waals surface area contributed by atoms with Crippen molar-refractivity contribution in [1.29, 1.82) is 0 Å². The maximum atomic E-state index is 15.2. The van der Waals surface area contributed by atoms with Crippen molar-refractivity contribution >= 4 is 70.0 Å². The molecule has 2 aliphatic heterocycles. The summed E-state index contributed by atoms with van der Waals surface area (Å²) in [6.45, 7) is 0. The predicted octanol–water partition coefficient (Wildman–Crippen LogP) is 6.32. The molecule has 7 rings (SSSR count). The summed E-state index contributed by atoms with van der Waals surface area (Å²) in [5.74, 6) is -22.6. The number of phenols is 1. The molecule has 11 nitrogen and oxygen atoms in total. The van der Waals surface area contributed by atoms with Gasteiger partial charge in [-0.3, -0.25) is 29.3 Å². The lowest BCUT2D eigenvalue weighted by molar-refractivity contribution is -0.384. The van der Waals surface area contributed by atoms with Gasteiger partial charge in [0.2, 0.25) is 17.6 Å². The number of amides is 4. The fourth-order valence-electron chi connectivity index (χ4n) is 7.82. The average Bonchev–Trinajstić information content (AvgIpc) is 3.48. The van der Waals surface area contributed by atoms with Crippen LogP contribution in [0.4, 0.5) is 39.0 Å². The van der Waals surface area contributed by atoms with Crippen LogP contribution in [0.2, 0.25) is 0 Å². The minimum absolute atomic E-state index is 0.0292. The molecule has 18 heteroatoms. The summed E-state index contributed by atoms with van der Waals surface area (Å²) in [4.78, 5) is 62.3. The Morgan fingerprint density at radius 1 is 0.906 bits per heavy atom. The van der Waals surface area contributed by atoms with E-state index in [1.165, 1.54) is 55.7 Å². The molecular weight excluding hydrogens is 756 g/mol. The zero-order valence-corrected chi connectivity index (χ0v) is 28.3. The third-order valence-corrected chi connectivity index (χ3v) is 11.7. The third kappa shape index (κ3) is 4.91. The summed E-state index contributed by atoms with van der Waals surface area (Å²) in [6, 6.07) is 8.83. The monoisotopic (exact) mass is 777 g/mol. The molecule has 1 saturated carbocycles. The van der Waals surface area contributed by atoms with E-state index in [1.807, 2.05) is 0 Å². The molecule has 4 aliphatic rings. The minimum atomic E-state index is -2.72. The second kappa shape index (κ2) is 12.4. The third-order valence-electron chi connectivity index (χ3n) is 10.3. The van der Waals surface area contributed by atoms with Crippen LogP contribution in [-0.2, 0) is 19.2 Å². The Morgan fingerprint density at radius 2 is 1.57 bits per heavy atom. The van der Waals surface area contributed by atoms with Crippen molar-refractivity contribution in [3.63, 3.8) is 0 Å². The van der Waals surface area contributed by atoms with Gasteiger partial charge < -0.3 is 9.84 Å². The number of carbonyl (C=O) groups is 4. The van der Waals surface area contributed by atoms with E-state index in [9.17, 15) is 47.6 Å². The van der Waals surface area contributed by atoms with Gasteiger partial charge in [-0.25, -0.2) is 31.8 Å². The molecule has 1 N–H and O–H groups in total. The van der Waals surface area contributed by atoms with Gasteiger partial charge in [0.15, 0.2) is 44.5 Å². The van der Waals surface area contributed by atoms with E-state index in [1.54, 1.807) is 0 Å². The van der Waals surface area contributed by atoms with E-state index in [0.29, 0.717) is 5.56 Å². The zero-order chi connectivity index (χ0) is 38.5. The van der Waals surface area contributed by atoms with Gasteiger partial charge in [-0.15, -0.1) is 23.2 Å². The van der Waals surface area contributed by atoms with Gasteiger partial charge in [0.05, 0.1) is 29.6 Å². The molecule has 6 atom stereocenters. The Kier molecular flexibility index (Phi) is 8.41. The lowest BCUT2D eigenvalue weighted by atomic mass is 9.57. The molecule has 2 aliphatic carbocycles. The molecule has 0 spiro atoms. The van der Waals surface area contributed by atoms with E-state index in [2.05, 4.69) is 0 Å². The highest BCUT2D eigenvalue weighted by Gasteiger charge is 2.76. The number of imide groups is 2. The number of nitro groups is 1. The summed E-state index contributed by atoms with van der Waals surface area (Å²) in [5, 5.41) is 21.5. The van der Waals surface area contributed by atoms with Gasteiger partial charge >= 0.3 is 0 Å². The van der Waals surface area contributed by atoms with Crippen LogP contribution in [0.15, 0.2) is 60.2 Å². The second-order valence-corrected chi connectivity index (χ2v) is 14.1. The Hall–Kier alpha value is -5.35. The van der Waals surface area contributed by atoms with Crippen molar-refractivity contribution in [1.82, 2.24) is 0 Å². The van der Waals surface area contributed by atoms with Gasteiger partial charge in [-0.1, -0.05) is 35.9 Å². The summed E-state index contributed by atoms with van der Waals surface area (Å²) in [7, 11) is 1.28. The van der Waals surface area contributed by atoms with Crippen LogP contribution in [-0.4, -0.2) is 50.5 Å². The maximum Gasteiger partial charge on any atom is 0.271 e. The van der Waals surface area contributed by atoms with Crippen molar-refractivity contribution in [2.45, 2.75) is 22.6 Å². The lowest BCUT2D eigenvalue weighted by Gasteiger charge is -2.49. The highest BCUT2D eigenvalue weighted by Crippen LogP contribution is 2.64. The number of phenolic OH excluding ortho intramolecular Hbond substituents is 1. The Balaban J connectivity index is 1.39. The molecule has 2 heterocycles. The standard InChI is InChI=1S/C35H22Cl2F5N3O8/c1-53-22-11-14(6-10-21(22)46)5-9-20-17-7-8-18-23(31(48)43(30(18)47)15-3-2-4-16(12-15)45(51)52)19(17)13-34(36)32(49)44(33(50)35(20,34)37)29-27(41)25(39)24(38)26(40)28(29)42/h2-7,9-12,18-20,23,46H,8,13H2,1H3. The quantitative estimate of drug-likeness (QED) is 0.0448. The Bertz CT molecular complexity index is 2240. The Morgan fingerprint density at radius 3 is 2.21 bits per heavy atom. The average molecular weight is 778 g/mol. The number of ether oxygens (including phenoxy) is 1. The number of halogens is 7. The fourth-order valence-corrected chi connectivity index (χ4v) is 8.71. The van der Waals surface area contributed by atoms with Gasteiger partial charge in [0, 0.05) is 18.1 Å². The number of fused-ring (bicyclic) bond motifs is 4. The van der Waals surface area contributed by atoms with Crippen molar-refractivity contribution in [3.8, 4) is 11.5 Å². The number of benzene rings is 3. The maximum absolute atomic E-state index is 15.2. The van der Waals surface area contributed by atoms with E-state index < -0.39 is 109 Å². The van der Waals surface area contributed by atoms with Crippen LogP contribution >= 0.6 is 23.2 Å². The molecule has 0 bridgehead atoms. The normalized spacial score (nSPS) is 28.0. The van der Waals surface area contributed by atoms with Crippen LogP contribution in [0.1, 0.15) is 18.4 Å². The summed E-state index contributed by atoms with van der Waals surface area (Å²) < 4.78 is 78.4. The van der Waals surface area contributed by atoms with Crippen molar-refractivity contribution in [3.05, 3.63) is 105 Å². The number of hydrogen-bond donors (Lipinski definition) is 1. The number of aromatic hydroxyl groups is 1. The highest BCUT2D eigenvalue weighted by molar-refractivity contribution is 6.58. The van der Waals surface area contributed by atoms with Crippen LogP contribution in [0.3, 0.4) is 0 Å². The van der Waals surface area contributed by atoms with Gasteiger partial charge in [-0.05, 0) is 42.5 Å². The van der Waals surface area contributed by atoms with Crippen LogP contribution in [0.25, 0.3) is 6.08 Å². The van der Waals surface area contributed by atoms with E-state index in [0.717, 1.165) is 17.0 Å². The molecule has 4 amide bonds. The van der Waals surface area contributed by atoms with Crippen LogP contribution in [0, 0.1) is 62.9 Å². The number of allylic oxidation sites excluding steroid dienone is 3.